The number of likely N-dealkylation sites (tertiary alicyclic amines) is 1. The quantitative estimate of drug-likeness (QED) is 0.725. The standard InChI is InChI=1S/C18H25BrN2O5/c1-9(2)15(17(23)21-7-5-6-12(8-21)16(20)22)26-18(24)13-10(3)25-11(4)14(13)19/h9,12,15H,5-8H2,1-4H3,(H2,20,22)/t12-,15-/m1/s1. The monoisotopic (exact) mass is 428 g/mol. The maximum absolute atomic E-state index is 12.9. The summed E-state index contributed by atoms with van der Waals surface area (Å²) in [5, 5.41) is 0. The molecule has 1 fully saturated rings. The molecule has 1 aromatic heterocycles. The van der Waals surface area contributed by atoms with Crippen LogP contribution < -0.4 is 5.73 Å². The van der Waals surface area contributed by atoms with Crippen molar-refractivity contribution in [2.45, 2.75) is 46.6 Å². The van der Waals surface area contributed by atoms with Gasteiger partial charge in [0.1, 0.15) is 17.1 Å². The summed E-state index contributed by atoms with van der Waals surface area (Å²) in [6.07, 6.45) is 0.436. The fraction of sp³-hybridized carbons (Fsp3) is 0.611. The number of nitrogens with two attached hydrogens (primary N) is 1. The predicted octanol–water partition coefficient (Wildman–Crippen LogP) is 2.56. The molecule has 0 unspecified atom stereocenters. The van der Waals surface area contributed by atoms with Gasteiger partial charge >= 0.3 is 5.97 Å². The first-order valence-corrected chi connectivity index (χ1v) is 9.47. The molecule has 2 amide bonds. The molecule has 1 aliphatic heterocycles. The van der Waals surface area contributed by atoms with Crippen LogP contribution in [0.1, 0.15) is 48.6 Å². The summed E-state index contributed by atoms with van der Waals surface area (Å²) >= 11 is 3.32. The molecule has 26 heavy (non-hydrogen) atoms. The molecule has 2 atom stereocenters. The van der Waals surface area contributed by atoms with E-state index in [4.69, 9.17) is 14.9 Å². The van der Waals surface area contributed by atoms with E-state index in [9.17, 15) is 14.4 Å². The van der Waals surface area contributed by atoms with Gasteiger partial charge in [-0.05, 0) is 48.5 Å². The van der Waals surface area contributed by atoms with Crippen LogP contribution in [-0.2, 0) is 14.3 Å². The molecule has 0 saturated carbocycles. The van der Waals surface area contributed by atoms with Crippen LogP contribution in [0, 0.1) is 25.7 Å². The minimum absolute atomic E-state index is 0.215. The van der Waals surface area contributed by atoms with Gasteiger partial charge in [-0.3, -0.25) is 9.59 Å². The first-order chi connectivity index (χ1) is 12.1. The van der Waals surface area contributed by atoms with Crippen molar-refractivity contribution in [3.05, 3.63) is 21.6 Å². The van der Waals surface area contributed by atoms with Crippen LogP contribution in [0.5, 0.6) is 0 Å². The van der Waals surface area contributed by atoms with Gasteiger partial charge < -0.3 is 19.8 Å². The van der Waals surface area contributed by atoms with Crippen LogP contribution >= 0.6 is 15.9 Å². The van der Waals surface area contributed by atoms with E-state index in [0.29, 0.717) is 35.4 Å². The maximum Gasteiger partial charge on any atom is 0.343 e. The number of aryl methyl sites for hydroxylation is 2. The highest BCUT2D eigenvalue weighted by atomic mass is 79.9. The highest BCUT2D eigenvalue weighted by Crippen LogP contribution is 2.29. The van der Waals surface area contributed by atoms with Crippen LogP contribution in [0.4, 0.5) is 0 Å². The number of nitrogens with zero attached hydrogens (tertiary/aromatic N) is 1. The van der Waals surface area contributed by atoms with Gasteiger partial charge in [0.25, 0.3) is 5.91 Å². The van der Waals surface area contributed by atoms with E-state index in [1.807, 2.05) is 13.8 Å². The first-order valence-electron chi connectivity index (χ1n) is 8.68. The van der Waals surface area contributed by atoms with Crippen molar-refractivity contribution in [1.29, 1.82) is 0 Å². The van der Waals surface area contributed by atoms with E-state index in [0.717, 1.165) is 0 Å². The zero-order chi connectivity index (χ0) is 19.6. The molecule has 0 aromatic carbocycles. The fourth-order valence-corrected chi connectivity index (χ4v) is 3.65. The topological polar surface area (TPSA) is 103 Å². The molecule has 7 nitrogen and oxygen atoms in total. The summed E-state index contributed by atoms with van der Waals surface area (Å²) in [6.45, 7) is 7.82. The van der Waals surface area contributed by atoms with E-state index in [-0.39, 0.29) is 29.9 Å². The number of halogens is 1. The molecular formula is C18H25BrN2O5. The number of esters is 1. The number of hydrogen-bond acceptors (Lipinski definition) is 5. The Hall–Kier alpha value is -1.83. The van der Waals surface area contributed by atoms with Crippen LogP contribution in [0.3, 0.4) is 0 Å². The summed E-state index contributed by atoms with van der Waals surface area (Å²) in [7, 11) is 0. The summed E-state index contributed by atoms with van der Waals surface area (Å²) in [4.78, 5) is 38.5. The van der Waals surface area contributed by atoms with Crippen molar-refractivity contribution >= 4 is 33.7 Å². The highest BCUT2D eigenvalue weighted by molar-refractivity contribution is 9.10. The van der Waals surface area contributed by atoms with Crippen molar-refractivity contribution in [2.24, 2.45) is 17.6 Å². The Morgan fingerprint density at radius 1 is 1.27 bits per heavy atom. The molecule has 1 aliphatic rings. The Kier molecular flexibility index (Phi) is 6.49. The van der Waals surface area contributed by atoms with Gasteiger partial charge in [-0.2, -0.15) is 0 Å². The largest absolute Gasteiger partial charge is 0.465 e. The second-order valence-corrected chi connectivity index (χ2v) is 7.79. The van der Waals surface area contributed by atoms with Crippen molar-refractivity contribution in [2.75, 3.05) is 13.1 Å². The number of furan rings is 1. The highest BCUT2D eigenvalue weighted by Gasteiger charge is 2.35. The SMILES string of the molecule is Cc1oc(C)c(C(=O)O[C@@H](C(=O)N2CCC[C@@H](C(N)=O)C2)C(C)C)c1Br. The minimum Gasteiger partial charge on any atom is -0.465 e. The Bertz CT molecular complexity index is 713. The summed E-state index contributed by atoms with van der Waals surface area (Å²) < 4.78 is 11.5. The van der Waals surface area contributed by atoms with Gasteiger partial charge in [0.2, 0.25) is 5.91 Å². The molecule has 2 N–H and O–H groups in total. The van der Waals surface area contributed by atoms with Gasteiger partial charge in [-0.25, -0.2) is 4.79 Å². The molecule has 144 valence electrons. The number of hydrogen-bond donors (Lipinski definition) is 1. The normalized spacial score (nSPS) is 18.7. The summed E-state index contributed by atoms with van der Waals surface area (Å²) in [6, 6.07) is 0. The number of ether oxygens (including phenoxy) is 1. The van der Waals surface area contributed by atoms with Crippen LogP contribution in [0.15, 0.2) is 8.89 Å². The Labute approximate surface area is 161 Å². The molecule has 2 rings (SSSR count). The molecule has 1 aromatic rings. The second kappa shape index (κ2) is 8.24. The van der Waals surface area contributed by atoms with Gasteiger partial charge in [0.15, 0.2) is 6.10 Å². The van der Waals surface area contributed by atoms with E-state index >= 15 is 0 Å². The Morgan fingerprint density at radius 3 is 2.42 bits per heavy atom. The Balaban J connectivity index is 2.16. The molecule has 8 heteroatoms. The van der Waals surface area contributed by atoms with Gasteiger partial charge in [-0.1, -0.05) is 13.8 Å². The van der Waals surface area contributed by atoms with Crippen molar-refractivity contribution < 1.29 is 23.5 Å². The Morgan fingerprint density at radius 2 is 1.92 bits per heavy atom. The van der Waals surface area contributed by atoms with Crippen molar-refractivity contribution in [3.8, 4) is 0 Å². The lowest BCUT2D eigenvalue weighted by atomic mass is 9.96. The number of amides is 2. The van der Waals surface area contributed by atoms with Crippen LogP contribution in [-0.4, -0.2) is 41.9 Å². The third kappa shape index (κ3) is 4.28. The molecule has 0 bridgehead atoms. The molecule has 0 radical (unpaired) electrons. The minimum atomic E-state index is -0.935. The molecule has 1 saturated heterocycles. The first kappa shape index (κ1) is 20.5. The lowest BCUT2D eigenvalue weighted by Crippen LogP contribution is -2.50. The van der Waals surface area contributed by atoms with Crippen molar-refractivity contribution in [1.82, 2.24) is 4.90 Å². The molecule has 0 aliphatic carbocycles. The number of carbonyl (C=O) groups is 3. The average Bonchev–Trinajstić information content (AvgIpc) is 2.84. The van der Waals surface area contributed by atoms with Crippen LogP contribution in [0.2, 0.25) is 0 Å². The van der Waals surface area contributed by atoms with E-state index in [1.165, 1.54) is 0 Å². The van der Waals surface area contributed by atoms with E-state index in [2.05, 4.69) is 15.9 Å². The summed E-state index contributed by atoms with van der Waals surface area (Å²) in [5.74, 6) is -0.885. The third-order valence-electron chi connectivity index (χ3n) is 4.61. The van der Waals surface area contributed by atoms with Gasteiger partial charge in [0.05, 0.1) is 10.4 Å². The molecule has 2 heterocycles. The third-order valence-corrected chi connectivity index (χ3v) is 5.56. The average molecular weight is 429 g/mol. The zero-order valence-corrected chi connectivity index (χ0v) is 17.1. The second-order valence-electron chi connectivity index (χ2n) is 7.00. The van der Waals surface area contributed by atoms with Crippen LogP contribution in [0.25, 0.3) is 0 Å². The molecule has 0 spiro atoms. The van der Waals surface area contributed by atoms with Gasteiger partial charge in [-0.15, -0.1) is 0 Å². The number of piperidine rings is 1. The summed E-state index contributed by atoms with van der Waals surface area (Å²) in [5.41, 5.74) is 5.67. The lowest BCUT2D eigenvalue weighted by Gasteiger charge is -2.34. The van der Waals surface area contributed by atoms with Crippen molar-refractivity contribution in [3.63, 3.8) is 0 Å². The smallest absolute Gasteiger partial charge is 0.343 e. The maximum atomic E-state index is 12.9. The molecular weight excluding hydrogens is 404 g/mol. The zero-order valence-electron chi connectivity index (χ0n) is 15.5. The number of primary amides is 1. The fourth-order valence-electron chi connectivity index (χ4n) is 3.12. The van der Waals surface area contributed by atoms with E-state index < -0.39 is 18.0 Å². The predicted molar refractivity (Wildman–Crippen MR) is 98.4 cm³/mol. The van der Waals surface area contributed by atoms with Gasteiger partial charge in [0, 0.05) is 13.1 Å². The number of rotatable bonds is 5. The number of carbonyl (C=O) groups excluding carboxylic acids is 3. The van der Waals surface area contributed by atoms with E-state index in [1.54, 1.807) is 18.7 Å². The lowest BCUT2D eigenvalue weighted by molar-refractivity contribution is -0.145.